The highest BCUT2D eigenvalue weighted by Gasteiger charge is 2.33. The average Bonchev–Trinajstić information content (AvgIpc) is 2.64. The minimum Gasteiger partial charge on any atom is -0.493 e. The summed E-state index contributed by atoms with van der Waals surface area (Å²) in [7, 11) is 0. The molecule has 2 aliphatic rings. The molecule has 0 unspecified atom stereocenters. The second-order valence-corrected chi connectivity index (χ2v) is 8.22. The maximum atomic E-state index is 6.23. The Kier molecular flexibility index (Phi) is 6.67. The van der Waals surface area contributed by atoms with E-state index in [1.165, 1.54) is 42.7 Å². The Morgan fingerprint density at radius 3 is 2.64 bits per heavy atom. The number of hydroxylamine groups is 2. The molecule has 0 atom stereocenters. The standard InChI is InChI=1S/C20H30ClN5O2/c1-20(2)25-18(22)24-19(23)26(20)28-12-6-11-27-17-10-9-15(21)13-16(17)14-7-4-3-5-8-14/h9-10,13-14H,3-8,11-12H2,1-2H3,(H4,22,23,24,25). The SMILES string of the molecule is CC1(C)N=C(N)N=C(N)N1OCCCOc1ccc(Cl)cc1C1CCCCC1. The van der Waals surface area contributed by atoms with Gasteiger partial charge in [0.05, 0.1) is 13.2 Å². The summed E-state index contributed by atoms with van der Waals surface area (Å²) in [6.45, 7) is 4.70. The first-order chi connectivity index (χ1) is 13.4. The molecule has 1 aliphatic heterocycles. The van der Waals surface area contributed by atoms with E-state index in [2.05, 4.69) is 16.1 Å². The first kappa shape index (κ1) is 20.7. The van der Waals surface area contributed by atoms with Crippen molar-refractivity contribution in [1.29, 1.82) is 0 Å². The fourth-order valence-corrected chi connectivity index (χ4v) is 3.98. The molecule has 4 N–H and O–H groups in total. The number of aliphatic imine (C=N–C) groups is 2. The van der Waals surface area contributed by atoms with Gasteiger partial charge in [-0.15, -0.1) is 0 Å². The number of guanidine groups is 2. The van der Waals surface area contributed by atoms with Crippen molar-refractivity contribution in [2.75, 3.05) is 13.2 Å². The maximum absolute atomic E-state index is 6.23. The molecule has 7 nitrogen and oxygen atoms in total. The summed E-state index contributed by atoms with van der Waals surface area (Å²) in [5.41, 5.74) is 12.1. The Hall–Kier alpha value is -1.99. The van der Waals surface area contributed by atoms with E-state index in [4.69, 9.17) is 32.6 Å². The summed E-state index contributed by atoms with van der Waals surface area (Å²) in [5.74, 6) is 1.82. The quantitative estimate of drug-likeness (QED) is 0.670. The van der Waals surface area contributed by atoms with E-state index in [0.29, 0.717) is 25.6 Å². The lowest BCUT2D eigenvalue weighted by Crippen LogP contribution is -2.53. The van der Waals surface area contributed by atoms with Gasteiger partial charge < -0.3 is 16.2 Å². The molecular formula is C20H30ClN5O2. The fourth-order valence-electron chi connectivity index (χ4n) is 3.80. The second kappa shape index (κ2) is 9.01. The van der Waals surface area contributed by atoms with Gasteiger partial charge in [-0.05, 0) is 56.4 Å². The van der Waals surface area contributed by atoms with E-state index in [0.717, 1.165) is 10.8 Å². The molecular weight excluding hydrogens is 378 g/mol. The number of rotatable bonds is 7. The third kappa shape index (κ3) is 5.08. The normalized spacial score (nSPS) is 19.9. The Morgan fingerprint density at radius 1 is 1.18 bits per heavy atom. The van der Waals surface area contributed by atoms with Crippen LogP contribution in [0.5, 0.6) is 5.75 Å². The van der Waals surface area contributed by atoms with Gasteiger partial charge in [0.1, 0.15) is 5.75 Å². The van der Waals surface area contributed by atoms with E-state index >= 15 is 0 Å². The Balaban J connectivity index is 1.51. The lowest BCUT2D eigenvalue weighted by atomic mass is 9.84. The van der Waals surface area contributed by atoms with Crippen LogP contribution in [0.4, 0.5) is 0 Å². The van der Waals surface area contributed by atoms with Gasteiger partial charge in [0.15, 0.2) is 5.66 Å². The van der Waals surface area contributed by atoms with Gasteiger partial charge in [0, 0.05) is 11.4 Å². The van der Waals surface area contributed by atoms with E-state index in [1.54, 1.807) is 0 Å². The van der Waals surface area contributed by atoms with Crippen LogP contribution < -0.4 is 16.2 Å². The molecule has 154 valence electrons. The zero-order valence-corrected chi connectivity index (χ0v) is 17.4. The Bertz CT molecular complexity index is 744. The zero-order chi connectivity index (χ0) is 20.1. The minimum atomic E-state index is -0.693. The van der Waals surface area contributed by atoms with Crippen LogP contribution in [0.3, 0.4) is 0 Å². The second-order valence-electron chi connectivity index (χ2n) is 7.78. The molecule has 28 heavy (non-hydrogen) atoms. The Morgan fingerprint density at radius 2 is 1.93 bits per heavy atom. The zero-order valence-electron chi connectivity index (χ0n) is 16.7. The summed E-state index contributed by atoms with van der Waals surface area (Å²) >= 11 is 6.23. The molecule has 0 saturated heterocycles. The summed E-state index contributed by atoms with van der Waals surface area (Å²) in [5, 5.41) is 2.25. The monoisotopic (exact) mass is 407 g/mol. The van der Waals surface area contributed by atoms with E-state index < -0.39 is 5.66 Å². The molecule has 1 aromatic carbocycles. The molecule has 1 heterocycles. The molecule has 1 saturated carbocycles. The van der Waals surface area contributed by atoms with Crippen molar-refractivity contribution in [2.24, 2.45) is 21.5 Å². The van der Waals surface area contributed by atoms with Crippen LogP contribution in [0.25, 0.3) is 0 Å². The van der Waals surface area contributed by atoms with Crippen molar-refractivity contribution >= 4 is 23.5 Å². The molecule has 0 aromatic heterocycles. The molecule has 3 rings (SSSR count). The fraction of sp³-hybridized carbons (Fsp3) is 0.600. The first-order valence-corrected chi connectivity index (χ1v) is 10.3. The number of halogens is 1. The van der Waals surface area contributed by atoms with Crippen LogP contribution in [0.15, 0.2) is 28.2 Å². The molecule has 0 spiro atoms. The topological polar surface area (TPSA) is 98.5 Å². The van der Waals surface area contributed by atoms with E-state index in [1.807, 2.05) is 26.0 Å². The van der Waals surface area contributed by atoms with Crippen LogP contribution in [-0.2, 0) is 4.84 Å². The molecule has 1 fully saturated rings. The van der Waals surface area contributed by atoms with Crippen LogP contribution in [-0.4, -0.2) is 35.9 Å². The number of hydrogen-bond donors (Lipinski definition) is 2. The van der Waals surface area contributed by atoms with Crippen LogP contribution in [0, 0.1) is 0 Å². The van der Waals surface area contributed by atoms with Crippen molar-refractivity contribution < 1.29 is 9.57 Å². The van der Waals surface area contributed by atoms with Gasteiger partial charge in [-0.25, -0.2) is 4.99 Å². The van der Waals surface area contributed by atoms with Crippen LogP contribution in [0.2, 0.25) is 5.02 Å². The number of benzene rings is 1. The van der Waals surface area contributed by atoms with Crippen molar-refractivity contribution in [3.05, 3.63) is 28.8 Å². The summed E-state index contributed by atoms with van der Waals surface area (Å²) in [4.78, 5) is 14.0. The number of ether oxygens (including phenoxy) is 1. The predicted octanol–water partition coefficient (Wildman–Crippen LogP) is 3.77. The van der Waals surface area contributed by atoms with Gasteiger partial charge in [0.25, 0.3) is 0 Å². The van der Waals surface area contributed by atoms with Gasteiger partial charge in [-0.1, -0.05) is 30.9 Å². The van der Waals surface area contributed by atoms with E-state index in [9.17, 15) is 0 Å². The lowest BCUT2D eigenvalue weighted by molar-refractivity contribution is -0.158. The lowest BCUT2D eigenvalue weighted by Gasteiger charge is -2.36. The largest absolute Gasteiger partial charge is 0.493 e. The van der Waals surface area contributed by atoms with Gasteiger partial charge >= 0.3 is 0 Å². The van der Waals surface area contributed by atoms with Crippen molar-refractivity contribution in [1.82, 2.24) is 5.06 Å². The number of nitrogens with zero attached hydrogens (tertiary/aromatic N) is 3. The maximum Gasteiger partial charge on any atom is 0.226 e. The summed E-state index contributed by atoms with van der Waals surface area (Å²) in [6, 6.07) is 5.91. The van der Waals surface area contributed by atoms with Gasteiger partial charge in [0.2, 0.25) is 11.9 Å². The molecule has 8 heteroatoms. The molecule has 1 aliphatic carbocycles. The smallest absolute Gasteiger partial charge is 0.226 e. The van der Waals surface area contributed by atoms with Gasteiger partial charge in [-0.2, -0.15) is 10.1 Å². The van der Waals surface area contributed by atoms with Crippen LogP contribution in [0.1, 0.15) is 63.9 Å². The predicted molar refractivity (Wildman–Crippen MR) is 113 cm³/mol. The van der Waals surface area contributed by atoms with Gasteiger partial charge in [-0.3, -0.25) is 4.84 Å². The molecule has 0 radical (unpaired) electrons. The van der Waals surface area contributed by atoms with Crippen molar-refractivity contribution in [2.45, 2.75) is 64.0 Å². The average molecular weight is 408 g/mol. The number of nitrogens with two attached hydrogens (primary N) is 2. The highest BCUT2D eigenvalue weighted by Crippen LogP contribution is 2.38. The van der Waals surface area contributed by atoms with Crippen molar-refractivity contribution in [3.8, 4) is 5.75 Å². The minimum absolute atomic E-state index is 0.156. The Labute approximate surface area is 171 Å². The molecule has 0 bridgehead atoms. The van der Waals surface area contributed by atoms with Crippen LogP contribution >= 0.6 is 11.6 Å². The van der Waals surface area contributed by atoms with E-state index in [-0.39, 0.29) is 11.9 Å². The number of hydrogen-bond acceptors (Lipinski definition) is 7. The molecule has 0 amide bonds. The molecule has 1 aromatic rings. The summed E-state index contributed by atoms with van der Waals surface area (Å²) < 4.78 is 6.06. The highest BCUT2D eigenvalue weighted by molar-refractivity contribution is 6.30. The third-order valence-corrected chi connectivity index (χ3v) is 5.34. The third-order valence-electron chi connectivity index (χ3n) is 5.11. The highest BCUT2D eigenvalue weighted by atomic mass is 35.5. The summed E-state index contributed by atoms with van der Waals surface area (Å²) in [6.07, 6.45) is 6.96. The first-order valence-electron chi connectivity index (χ1n) is 9.92. The van der Waals surface area contributed by atoms with Crippen molar-refractivity contribution in [3.63, 3.8) is 0 Å².